The largest absolute Gasteiger partial charge is 0.378 e. The Morgan fingerprint density at radius 2 is 1.81 bits per heavy atom. The highest BCUT2D eigenvalue weighted by Gasteiger charge is 2.20. The van der Waals surface area contributed by atoms with E-state index in [0.717, 1.165) is 66.0 Å². The molecule has 36 heavy (non-hydrogen) atoms. The molecule has 0 saturated carbocycles. The number of nitrogens with one attached hydrogen (secondary N) is 1. The van der Waals surface area contributed by atoms with E-state index in [0.29, 0.717) is 25.5 Å². The number of likely N-dealkylation sites (N-methyl/N-ethyl adjacent to an activating group) is 1. The smallest absolute Gasteiger partial charge is 0.224 e. The topological polar surface area (TPSA) is 75.5 Å². The van der Waals surface area contributed by atoms with E-state index in [4.69, 9.17) is 14.7 Å². The lowest BCUT2D eigenvalue weighted by Crippen LogP contribution is -2.37. The predicted molar refractivity (Wildman–Crippen MR) is 146 cm³/mol. The van der Waals surface area contributed by atoms with E-state index >= 15 is 0 Å². The van der Waals surface area contributed by atoms with Crippen LogP contribution in [0.4, 0.5) is 11.5 Å². The van der Waals surface area contributed by atoms with Gasteiger partial charge in [0.05, 0.1) is 24.2 Å². The monoisotopic (exact) mass is 486 g/mol. The minimum absolute atomic E-state index is 0.0305. The molecule has 3 heterocycles. The molecule has 0 bridgehead atoms. The maximum absolute atomic E-state index is 12.0. The molecular formula is C28H34N6O2. The van der Waals surface area contributed by atoms with Gasteiger partial charge < -0.3 is 24.4 Å². The van der Waals surface area contributed by atoms with Crippen LogP contribution in [-0.4, -0.2) is 72.3 Å². The fourth-order valence-corrected chi connectivity index (χ4v) is 4.65. The number of hydrogen-bond acceptors (Lipinski definition) is 6. The number of amides is 1. The van der Waals surface area contributed by atoms with E-state index in [9.17, 15) is 4.79 Å². The molecule has 5 rings (SSSR count). The zero-order valence-corrected chi connectivity index (χ0v) is 21.3. The molecule has 4 aromatic rings. The van der Waals surface area contributed by atoms with Crippen molar-refractivity contribution >= 4 is 39.2 Å². The Hall–Kier alpha value is -3.49. The molecule has 188 valence electrons. The number of ether oxygens (including phenoxy) is 1. The van der Waals surface area contributed by atoms with Crippen LogP contribution in [0.5, 0.6) is 0 Å². The molecule has 1 aliphatic heterocycles. The Balaban J connectivity index is 1.58. The quantitative estimate of drug-likeness (QED) is 0.398. The lowest BCUT2D eigenvalue weighted by Gasteiger charge is -2.29. The van der Waals surface area contributed by atoms with Crippen LogP contribution in [0.15, 0.2) is 48.7 Å². The number of fused-ring (bicyclic) bond motifs is 3. The van der Waals surface area contributed by atoms with Gasteiger partial charge >= 0.3 is 0 Å². The van der Waals surface area contributed by atoms with E-state index in [-0.39, 0.29) is 5.91 Å². The van der Waals surface area contributed by atoms with Gasteiger partial charge in [-0.2, -0.15) is 0 Å². The molecule has 2 aromatic carbocycles. The second-order valence-corrected chi connectivity index (χ2v) is 9.55. The summed E-state index contributed by atoms with van der Waals surface area (Å²) in [6.07, 6.45) is 3.49. The number of nitrogens with zero attached hydrogens (tertiary/aromatic N) is 5. The number of aromatic nitrogens is 3. The third-order valence-corrected chi connectivity index (χ3v) is 6.60. The van der Waals surface area contributed by atoms with Crippen molar-refractivity contribution in [3.8, 4) is 11.4 Å². The number of hydrogen-bond donors (Lipinski definition) is 1. The highest BCUT2D eigenvalue weighted by atomic mass is 16.5. The summed E-state index contributed by atoms with van der Waals surface area (Å²) in [5, 5.41) is 5.14. The molecule has 2 aromatic heterocycles. The molecule has 0 aliphatic carbocycles. The van der Waals surface area contributed by atoms with Crippen molar-refractivity contribution < 1.29 is 9.53 Å². The molecule has 1 N–H and O–H groups in total. The van der Waals surface area contributed by atoms with Crippen LogP contribution < -0.4 is 10.2 Å². The first-order valence-electron chi connectivity index (χ1n) is 12.7. The summed E-state index contributed by atoms with van der Waals surface area (Å²) >= 11 is 0. The second-order valence-electron chi connectivity index (χ2n) is 9.55. The summed E-state index contributed by atoms with van der Waals surface area (Å²) in [6, 6.07) is 14.3. The van der Waals surface area contributed by atoms with Crippen LogP contribution in [0.25, 0.3) is 33.2 Å². The summed E-state index contributed by atoms with van der Waals surface area (Å²) in [5.41, 5.74) is 3.84. The molecule has 0 spiro atoms. The second kappa shape index (κ2) is 10.6. The average Bonchev–Trinajstić information content (AvgIpc) is 3.31. The summed E-state index contributed by atoms with van der Waals surface area (Å²) < 4.78 is 7.89. The Bertz CT molecular complexity index is 1360. The van der Waals surface area contributed by atoms with Gasteiger partial charge in [0.15, 0.2) is 5.82 Å². The third kappa shape index (κ3) is 5.05. The SMILES string of the molecule is CCCC(=O)Nc1ccc(-c2nc(N3CCOCC3)c3ccc4c(ccn4CCN(C)C)c3n2)cc1. The molecule has 0 radical (unpaired) electrons. The molecule has 0 atom stereocenters. The Morgan fingerprint density at radius 1 is 1.03 bits per heavy atom. The minimum atomic E-state index is 0.0305. The van der Waals surface area contributed by atoms with E-state index < -0.39 is 0 Å². The van der Waals surface area contributed by atoms with Gasteiger partial charge in [-0.3, -0.25) is 4.79 Å². The number of benzene rings is 2. The molecule has 0 unspecified atom stereocenters. The zero-order chi connectivity index (χ0) is 25.1. The van der Waals surface area contributed by atoms with Gasteiger partial charge in [0.1, 0.15) is 5.82 Å². The van der Waals surface area contributed by atoms with Crippen molar-refractivity contribution in [3.05, 3.63) is 48.7 Å². The number of anilines is 2. The summed E-state index contributed by atoms with van der Waals surface area (Å²) in [6.45, 7) is 6.87. The number of carbonyl (C=O) groups is 1. The van der Waals surface area contributed by atoms with E-state index in [1.165, 1.54) is 5.52 Å². The predicted octanol–water partition coefficient (Wildman–Crippen LogP) is 4.39. The fourth-order valence-electron chi connectivity index (χ4n) is 4.65. The zero-order valence-electron chi connectivity index (χ0n) is 21.3. The summed E-state index contributed by atoms with van der Waals surface area (Å²) in [7, 11) is 4.19. The van der Waals surface area contributed by atoms with Crippen molar-refractivity contribution in [1.82, 2.24) is 19.4 Å². The third-order valence-electron chi connectivity index (χ3n) is 6.60. The lowest BCUT2D eigenvalue weighted by molar-refractivity contribution is -0.116. The van der Waals surface area contributed by atoms with Crippen molar-refractivity contribution in [2.45, 2.75) is 26.3 Å². The van der Waals surface area contributed by atoms with E-state index in [1.54, 1.807) is 0 Å². The van der Waals surface area contributed by atoms with E-state index in [2.05, 4.69) is 58.2 Å². The van der Waals surface area contributed by atoms with Crippen molar-refractivity contribution in [3.63, 3.8) is 0 Å². The molecular weight excluding hydrogens is 452 g/mol. The minimum Gasteiger partial charge on any atom is -0.378 e. The van der Waals surface area contributed by atoms with Crippen LogP contribution >= 0.6 is 0 Å². The first-order chi connectivity index (χ1) is 17.5. The maximum Gasteiger partial charge on any atom is 0.224 e. The lowest BCUT2D eigenvalue weighted by atomic mass is 10.1. The molecule has 8 nitrogen and oxygen atoms in total. The highest BCUT2D eigenvalue weighted by Crippen LogP contribution is 2.33. The van der Waals surface area contributed by atoms with E-state index in [1.807, 2.05) is 31.2 Å². The van der Waals surface area contributed by atoms with Gasteiger partial charge in [0.2, 0.25) is 5.91 Å². The number of carbonyl (C=O) groups excluding carboxylic acids is 1. The molecule has 1 fully saturated rings. The van der Waals surface area contributed by atoms with Crippen molar-refractivity contribution in [2.24, 2.45) is 0 Å². The van der Waals surface area contributed by atoms with Crippen LogP contribution in [0.2, 0.25) is 0 Å². The average molecular weight is 487 g/mol. The molecule has 1 saturated heterocycles. The Morgan fingerprint density at radius 3 is 2.53 bits per heavy atom. The molecule has 1 amide bonds. The molecule has 1 aliphatic rings. The Labute approximate surface area is 211 Å². The molecule has 8 heteroatoms. The fraction of sp³-hybridized carbons (Fsp3) is 0.393. The van der Waals surface area contributed by atoms with Crippen LogP contribution in [-0.2, 0) is 16.1 Å². The first-order valence-corrected chi connectivity index (χ1v) is 12.7. The van der Waals surface area contributed by atoms with Gasteiger partial charge in [0, 0.05) is 60.8 Å². The highest BCUT2D eigenvalue weighted by molar-refractivity contribution is 6.08. The van der Waals surface area contributed by atoms with Crippen LogP contribution in [0, 0.1) is 0 Å². The number of morpholine rings is 1. The van der Waals surface area contributed by atoms with Crippen LogP contribution in [0.3, 0.4) is 0 Å². The van der Waals surface area contributed by atoms with Crippen LogP contribution in [0.1, 0.15) is 19.8 Å². The maximum atomic E-state index is 12.0. The normalized spacial score (nSPS) is 14.2. The van der Waals surface area contributed by atoms with Gasteiger partial charge in [0.25, 0.3) is 0 Å². The first kappa shape index (κ1) is 24.2. The van der Waals surface area contributed by atoms with Gasteiger partial charge in [-0.15, -0.1) is 0 Å². The summed E-state index contributed by atoms with van der Waals surface area (Å²) in [4.78, 5) is 26.6. The summed E-state index contributed by atoms with van der Waals surface area (Å²) in [5.74, 6) is 1.66. The van der Waals surface area contributed by atoms with Gasteiger partial charge in [-0.05, 0) is 63.0 Å². The van der Waals surface area contributed by atoms with Gasteiger partial charge in [-0.25, -0.2) is 9.97 Å². The van der Waals surface area contributed by atoms with Crippen molar-refractivity contribution in [1.29, 1.82) is 0 Å². The number of rotatable bonds is 8. The van der Waals surface area contributed by atoms with Crippen molar-refractivity contribution in [2.75, 3.05) is 57.2 Å². The van der Waals surface area contributed by atoms with Gasteiger partial charge in [-0.1, -0.05) is 6.92 Å². The standard InChI is InChI=1S/C28H34N6O2/c1-4-5-25(35)29-21-8-6-20(7-9-21)27-30-26-22-12-13-33(15-14-32(2)3)24(22)11-10-23(26)28(31-27)34-16-18-36-19-17-34/h6-13H,4-5,14-19H2,1-3H3,(H,29,35). The Kier molecular flexibility index (Phi) is 7.16.